The lowest BCUT2D eigenvalue weighted by atomic mass is 10.2. The van der Waals surface area contributed by atoms with Crippen LogP contribution >= 0.6 is 11.6 Å². The molecule has 2 rings (SSSR count). The Kier molecular flexibility index (Phi) is 0.935. The molecule has 0 amide bonds. The maximum atomic E-state index is 5.59. The molecule has 0 aromatic carbocycles. The van der Waals surface area contributed by atoms with Gasteiger partial charge in [-0.05, 0) is 18.2 Å². The van der Waals surface area contributed by atoms with Gasteiger partial charge in [0.2, 0.25) is 0 Å². The Hall–Kier alpha value is -0.690. The number of halogens is 1. The molecule has 0 atom stereocenters. The fourth-order valence-corrected chi connectivity index (χ4v) is 1.16. The third kappa shape index (κ3) is 0.615. The van der Waals surface area contributed by atoms with Crippen molar-refractivity contribution in [2.45, 2.75) is 5.88 Å². The first-order valence-electron chi connectivity index (χ1n) is 2.77. The van der Waals surface area contributed by atoms with Crippen LogP contribution in [0.1, 0.15) is 5.56 Å². The van der Waals surface area contributed by atoms with Crippen LogP contribution < -0.4 is 0 Å². The Morgan fingerprint density at radius 3 is 2.67 bits per heavy atom. The zero-order valence-corrected chi connectivity index (χ0v) is 5.48. The van der Waals surface area contributed by atoms with E-state index in [0.29, 0.717) is 5.88 Å². The van der Waals surface area contributed by atoms with Gasteiger partial charge in [-0.2, -0.15) is 0 Å². The fourth-order valence-electron chi connectivity index (χ4n) is 0.950. The second-order valence-corrected chi connectivity index (χ2v) is 2.27. The first-order chi connectivity index (χ1) is 4.40. The summed E-state index contributed by atoms with van der Waals surface area (Å²) in [7, 11) is 0. The Morgan fingerprint density at radius 2 is 2.33 bits per heavy atom. The summed E-state index contributed by atoms with van der Waals surface area (Å²) in [6.45, 7) is 0. The summed E-state index contributed by atoms with van der Waals surface area (Å²) in [6.07, 6.45) is 0. The highest BCUT2D eigenvalue weighted by molar-refractivity contribution is 6.17. The van der Waals surface area contributed by atoms with Crippen molar-refractivity contribution in [3.05, 3.63) is 23.8 Å². The number of fused-ring (bicyclic) bond motifs is 2. The van der Waals surface area contributed by atoms with Crippen molar-refractivity contribution in [1.82, 2.24) is 0 Å². The molecule has 1 nitrogen and oxygen atoms in total. The van der Waals surface area contributed by atoms with E-state index in [1.165, 1.54) is 0 Å². The zero-order chi connectivity index (χ0) is 6.27. The van der Waals surface area contributed by atoms with Gasteiger partial charge in [-0.15, -0.1) is 11.6 Å². The van der Waals surface area contributed by atoms with E-state index < -0.39 is 0 Å². The second kappa shape index (κ2) is 1.64. The number of furan rings is 2. The van der Waals surface area contributed by atoms with Gasteiger partial charge in [0.15, 0.2) is 0 Å². The van der Waals surface area contributed by atoms with E-state index in [0.717, 1.165) is 16.7 Å². The van der Waals surface area contributed by atoms with Crippen LogP contribution in [0, 0.1) is 0 Å². The van der Waals surface area contributed by atoms with Crippen LogP contribution in [0.15, 0.2) is 22.6 Å². The van der Waals surface area contributed by atoms with Crippen LogP contribution in [-0.2, 0) is 5.88 Å². The average Bonchev–Trinajstić information content (AvgIpc) is 2.45. The highest BCUT2D eigenvalue weighted by Gasteiger charge is 2.03. The second-order valence-electron chi connectivity index (χ2n) is 2.01. The molecule has 9 heavy (non-hydrogen) atoms. The molecule has 2 aromatic rings. The largest absolute Gasteiger partial charge is 0.457 e. The minimum absolute atomic E-state index is 0.545. The monoisotopic (exact) mass is 140 g/mol. The van der Waals surface area contributed by atoms with E-state index in [-0.39, 0.29) is 0 Å². The first kappa shape index (κ1) is 5.12. The molecule has 0 radical (unpaired) electrons. The van der Waals surface area contributed by atoms with Crippen molar-refractivity contribution in [3.8, 4) is 0 Å². The number of alkyl halides is 1. The molecule has 2 bridgehead atoms. The normalized spacial score (nSPS) is 11.2. The molecular formula is C7H5ClO. The van der Waals surface area contributed by atoms with Crippen LogP contribution in [0.4, 0.5) is 0 Å². The molecule has 2 aromatic heterocycles. The molecule has 0 aliphatic carbocycles. The van der Waals surface area contributed by atoms with E-state index in [9.17, 15) is 0 Å². The Balaban J connectivity index is 2.72. The van der Waals surface area contributed by atoms with Gasteiger partial charge in [0.05, 0.1) is 5.88 Å². The summed E-state index contributed by atoms with van der Waals surface area (Å²) in [5.41, 5.74) is 2.93. The van der Waals surface area contributed by atoms with Crippen molar-refractivity contribution in [1.29, 1.82) is 0 Å². The molecule has 0 unspecified atom stereocenters. The average molecular weight is 141 g/mol. The third-order valence-electron chi connectivity index (χ3n) is 1.40. The third-order valence-corrected chi connectivity index (χ3v) is 1.69. The first-order valence-corrected chi connectivity index (χ1v) is 3.30. The van der Waals surface area contributed by atoms with Gasteiger partial charge in [0.25, 0.3) is 0 Å². The number of rotatable bonds is 1. The van der Waals surface area contributed by atoms with E-state index in [4.69, 9.17) is 16.0 Å². The van der Waals surface area contributed by atoms with Gasteiger partial charge in [-0.25, -0.2) is 0 Å². The highest BCUT2D eigenvalue weighted by Crippen LogP contribution is 2.22. The predicted octanol–water partition coefficient (Wildman–Crippen LogP) is 2.61. The molecule has 2 heterocycles. The van der Waals surface area contributed by atoms with Gasteiger partial charge in [0.1, 0.15) is 11.2 Å². The van der Waals surface area contributed by atoms with Gasteiger partial charge >= 0.3 is 0 Å². The van der Waals surface area contributed by atoms with Crippen molar-refractivity contribution in [2.75, 3.05) is 0 Å². The summed E-state index contributed by atoms with van der Waals surface area (Å²) in [5, 5.41) is 0. The molecular weight excluding hydrogens is 136 g/mol. The minimum Gasteiger partial charge on any atom is -0.457 e. The summed E-state index contributed by atoms with van der Waals surface area (Å²) >= 11 is 5.59. The number of hydrogen-bond acceptors (Lipinski definition) is 1. The van der Waals surface area contributed by atoms with Gasteiger partial charge in [0, 0.05) is 5.56 Å². The molecule has 0 saturated carbocycles. The smallest absolute Gasteiger partial charge is 0.132 e. The Bertz CT molecular complexity index is 299. The highest BCUT2D eigenvalue weighted by atomic mass is 35.5. The minimum atomic E-state index is 0.545. The maximum absolute atomic E-state index is 5.59. The van der Waals surface area contributed by atoms with Crippen molar-refractivity contribution >= 4 is 22.8 Å². The van der Waals surface area contributed by atoms with Crippen LogP contribution in [0.2, 0.25) is 0 Å². The van der Waals surface area contributed by atoms with Crippen LogP contribution in [0.25, 0.3) is 11.2 Å². The van der Waals surface area contributed by atoms with Crippen LogP contribution in [-0.4, -0.2) is 0 Å². The van der Waals surface area contributed by atoms with E-state index in [1.54, 1.807) is 0 Å². The predicted molar refractivity (Wildman–Crippen MR) is 37.0 cm³/mol. The van der Waals surface area contributed by atoms with Crippen LogP contribution in [0.5, 0.6) is 0 Å². The maximum Gasteiger partial charge on any atom is 0.132 e. The number of hydrogen-bond donors (Lipinski definition) is 0. The SMILES string of the molecule is ClCc1cc2ccc1o2. The topological polar surface area (TPSA) is 13.1 Å². The van der Waals surface area contributed by atoms with Crippen molar-refractivity contribution in [2.24, 2.45) is 0 Å². The molecule has 0 aliphatic heterocycles. The lowest BCUT2D eigenvalue weighted by molar-refractivity contribution is 0.673. The van der Waals surface area contributed by atoms with E-state index in [2.05, 4.69) is 0 Å². The summed E-state index contributed by atoms with van der Waals surface area (Å²) in [5.74, 6) is 0.545. The molecule has 0 N–H and O–H groups in total. The quantitative estimate of drug-likeness (QED) is 0.555. The Labute approximate surface area is 57.6 Å². The molecule has 0 aliphatic rings. The lowest BCUT2D eigenvalue weighted by Gasteiger charge is -1.82. The van der Waals surface area contributed by atoms with Gasteiger partial charge in [-0.1, -0.05) is 0 Å². The standard InChI is InChI=1S/C7H5ClO/c8-4-5-3-6-1-2-7(5)9-6/h1-3H,4H2. The van der Waals surface area contributed by atoms with Gasteiger partial charge < -0.3 is 4.42 Å². The van der Waals surface area contributed by atoms with Gasteiger partial charge in [-0.3, -0.25) is 0 Å². The summed E-state index contributed by atoms with van der Waals surface area (Å²) in [6, 6.07) is 5.83. The molecule has 46 valence electrons. The van der Waals surface area contributed by atoms with E-state index >= 15 is 0 Å². The van der Waals surface area contributed by atoms with E-state index in [1.807, 2.05) is 18.2 Å². The zero-order valence-electron chi connectivity index (χ0n) is 4.73. The van der Waals surface area contributed by atoms with Crippen molar-refractivity contribution < 1.29 is 4.42 Å². The summed E-state index contributed by atoms with van der Waals surface area (Å²) < 4.78 is 5.22. The lowest BCUT2D eigenvalue weighted by Crippen LogP contribution is -1.69. The van der Waals surface area contributed by atoms with Crippen molar-refractivity contribution in [3.63, 3.8) is 0 Å². The van der Waals surface area contributed by atoms with Crippen LogP contribution in [0.3, 0.4) is 0 Å². The molecule has 2 heteroatoms. The molecule has 0 spiro atoms. The fraction of sp³-hybridized carbons (Fsp3) is 0.143. The molecule has 0 fully saturated rings. The molecule has 0 saturated heterocycles. The number of benzene rings is 1. The Morgan fingerprint density at radius 1 is 1.44 bits per heavy atom. The summed E-state index contributed by atoms with van der Waals surface area (Å²) in [4.78, 5) is 0.